The summed E-state index contributed by atoms with van der Waals surface area (Å²) in [6, 6.07) is 14.6. The number of nitrogens with one attached hydrogen (secondary N) is 1. The maximum atomic E-state index is 12.2. The van der Waals surface area contributed by atoms with Crippen LogP contribution in [-0.2, 0) is 0 Å². The first-order valence-corrected chi connectivity index (χ1v) is 8.50. The Morgan fingerprint density at radius 3 is 2.95 bits per heavy atom. The molecule has 0 bridgehead atoms. The van der Waals surface area contributed by atoms with Crippen LogP contribution in [-0.4, -0.2) is 17.1 Å². The van der Waals surface area contributed by atoms with Crippen molar-refractivity contribution in [2.75, 3.05) is 11.6 Å². The standard InChI is InChI=1S/C16H11N3OS2/c1-21-12-5-6-13-14(8-12)22-16(18-13)19-15(20)11-4-2-3-10(7-11)9-17/h2-8H,1H3,(H,18,19,20). The first-order valence-electron chi connectivity index (χ1n) is 6.45. The van der Waals surface area contributed by atoms with Gasteiger partial charge in [0.15, 0.2) is 5.13 Å². The molecular formula is C16H11N3OS2. The van der Waals surface area contributed by atoms with Gasteiger partial charge in [-0.15, -0.1) is 11.8 Å². The Morgan fingerprint density at radius 1 is 1.32 bits per heavy atom. The summed E-state index contributed by atoms with van der Waals surface area (Å²) in [4.78, 5) is 17.8. The summed E-state index contributed by atoms with van der Waals surface area (Å²) in [6.45, 7) is 0. The Bertz CT molecular complexity index is 896. The highest BCUT2D eigenvalue weighted by Gasteiger charge is 2.10. The third-order valence-electron chi connectivity index (χ3n) is 3.07. The van der Waals surface area contributed by atoms with Gasteiger partial charge in [-0.05, 0) is 42.7 Å². The number of rotatable bonds is 3. The van der Waals surface area contributed by atoms with Gasteiger partial charge in [-0.2, -0.15) is 5.26 Å². The van der Waals surface area contributed by atoms with Crippen molar-refractivity contribution in [2.45, 2.75) is 4.90 Å². The quantitative estimate of drug-likeness (QED) is 0.735. The van der Waals surface area contributed by atoms with E-state index in [0.29, 0.717) is 16.3 Å². The van der Waals surface area contributed by atoms with Gasteiger partial charge in [-0.25, -0.2) is 4.98 Å². The van der Waals surface area contributed by atoms with Crippen LogP contribution in [0.15, 0.2) is 47.4 Å². The first-order chi connectivity index (χ1) is 10.7. The van der Waals surface area contributed by atoms with E-state index in [0.717, 1.165) is 15.1 Å². The van der Waals surface area contributed by atoms with Crippen LogP contribution in [0.4, 0.5) is 5.13 Å². The van der Waals surface area contributed by atoms with Gasteiger partial charge in [0.1, 0.15) is 0 Å². The number of carbonyl (C=O) groups excluding carboxylic acids is 1. The molecule has 0 aliphatic heterocycles. The molecule has 0 saturated carbocycles. The number of thioether (sulfide) groups is 1. The lowest BCUT2D eigenvalue weighted by molar-refractivity contribution is 0.102. The number of nitriles is 1. The normalized spacial score (nSPS) is 10.4. The van der Waals surface area contributed by atoms with Crippen LogP contribution in [0.1, 0.15) is 15.9 Å². The van der Waals surface area contributed by atoms with Crippen LogP contribution < -0.4 is 5.32 Å². The third-order valence-corrected chi connectivity index (χ3v) is 4.73. The maximum Gasteiger partial charge on any atom is 0.257 e. The predicted molar refractivity (Wildman–Crippen MR) is 90.5 cm³/mol. The lowest BCUT2D eigenvalue weighted by Gasteiger charge is -2.01. The Labute approximate surface area is 135 Å². The number of nitrogens with zero attached hydrogens (tertiary/aromatic N) is 2. The Balaban J connectivity index is 1.86. The monoisotopic (exact) mass is 325 g/mol. The van der Waals surface area contributed by atoms with Crippen molar-refractivity contribution >= 4 is 44.4 Å². The summed E-state index contributed by atoms with van der Waals surface area (Å²) in [5, 5.41) is 12.2. The topological polar surface area (TPSA) is 65.8 Å². The zero-order valence-corrected chi connectivity index (χ0v) is 13.3. The smallest absolute Gasteiger partial charge is 0.257 e. The molecular weight excluding hydrogens is 314 g/mol. The Morgan fingerprint density at radius 2 is 2.18 bits per heavy atom. The summed E-state index contributed by atoms with van der Waals surface area (Å²) >= 11 is 3.11. The zero-order chi connectivity index (χ0) is 15.5. The van der Waals surface area contributed by atoms with E-state index in [-0.39, 0.29) is 5.91 Å². The molecule has 1 heterocycles. The molecule has 1 aromatic heterocycles. The maximum absolute atomic E-state index is 12.2. The molecule has 0 spiro atoms. The van der Waals surface area contributed by atoms with E-state index in [1.165, 1.54) is 11.3 Å². The van der Waals surface area contributed by atoms with E-state index in [4.69, 9.17) is 5.26 Å². The molecule has 1 N–H and O–H groups in total. The van der Waals surface area contributed by atoms with Crippen molar-refractivity contribution in [3.8, 4) is 6.07 Å². The number of aromatic nitrogens is 1. The number of amides is 1. The summed E-state index contributed by atoms with van der Waals surface area (Å²) in [6.07, 6.45) is 2.02. The van der Waals surface area contributed by atoms with E-state index in [9.17, 15) is 4.79 Å². The molecule has 3 aromatic rings. The zero-order valence-electron chi connectivity index (χ0n) is 11.7. The molecule has 0 fully saturated rings. The summed E-state index contributed by atoms with van der Waals surface area (Å²) in [5.41, 5.74) is 1.77. The molecule has 0 atom stereocenters. The number of thiazole rings is 1. The second-order valence-corrected chi connectivity index (χ2v) is 6.41. The van der Waals surface area contributed by atoms with Crippen molar-refractivity contribution < 1.29 is 4.79 Å². The second-order valence-electron chi connectivity index (χ2n) is 4.50. The molecule has 4 nitrogen and oxygen atoms in total. The summed E-state index contributed by atoms with van der Waals surface area (Å²) in [7, 11) is 0. The molecule has 22 heavy (non-hydrogen) atoms. The predicted octanol–water partition coefficient (Wildman–Crippen LogP) is 4.14. The van der Waals surface area contributed by atoms with Crippen LogP contribution >= 0.6 is 23.1 Å². The molecule has 0 aliphatic carbocycles. The van der Waals surface area contributed by atoms with Gasteiger partial charge in [-0.3, -0.25) is 10.1 Å². The largest absolute Gasteiger partial charge is 0.298 e. The van der Waals surface area contributed by atoms with E-state index in [2.05, 4.69) is 16.4 Å². The van der Waals surface area contributed by atoms with Crippen LogP contribution in [0, 0.1) is 11.3 Å². The van der Waals surface area contributed by atoms with Crippen molar-refractivity contribution in [1.29, 1.82) is 5.26 Å². The SMILES string of the molecule is CSc1ccc2nc(NC(=O)c3cccc(C#N)c3)sc2c1. The van der Waals surface area contributed by atoms with Crippen molar-refractivity contribution in [3.63, 3.8) is 0 Å². The summed E-state index contributed by atoms with van der Waals surface area (Å²) in [5.74, 6) is -0.263. The molecule has 0 radical (unpaired) electrons. The minimum atomic E-state index is -0.263. The van der Waals surface area contributed by atoms with Crippen molar-refractivity contribution in [2.24, 2.45) is 0 Å². The second kappa shape index (κ2) is 6.18. The molecule has 3 rings (SSSR count). The number of fused-ring (bicyclic) bond motifs is 1. The first kappa shape index (κ1) is 14.6. The molecule has 108 valence electrons. The van der Waals surface area contributed by atoms with Crippen molar-refractivity contribution in [1.82, 2.24) is 4.98 Å². The molecule has 0 saturated heterocycles. The van der Waals surface area contributed by atoms with E-state index < -0.39 is 0 Å². The minimum absolute atomic E-state index is 0.263. The lowest BCUT2D eigenvalue weighted by atomic mass is 10.1. The fourth-order valence-corrected chi connectivity index (χ4v) is 3.40. The molecule has 1 amide bonds. The number of carbonyl (C=O) groups is 1. The van der Waals surface area contributed by atoms with Crippen LogP contribution in [0.2, 0.25) is 0 Å². The minimum Gasteiger partial charge on any atom is -0.298 e. The third kappa shape index (κ3) is 2.96. The molecule has 0 unspecified atom stereocenters. The number of hydrogen-bond acceptors (Lipinski definition) is 5. The van der Waals surface area contributed by atoms with Gasteiger partial charge in [0.2, 0.25) is 0 Å². The lowest BCUT2D eigenvalue weighted by Crippen LogP contribution is -2.11. The van der Waals surface area contributed by atoms with Crippen molar-refractivity contribution in [3.05, 3.63) is 53.6 Å². The van der Waals surface area contributed by atoms with Gasteiger partial charge in [0.05, 0.1) is 21.8 Å². The number of hydrogen-bond donors (Lipinski definition) is 1. The van der Waals surface area contributed by atoms with Gasteiger partial charge in [-0.1, -0.05) is 17.4 Å². The number of anilines is 1. The fraction of sp³-hybridized carbons (Fsp3) is 0.0625. The highest BCUT2D eigenvalue weighted by molar-refractivity contribution is 7.98. The van der Waals surface area contributed by atoms with Gasteiger partial charge in [0, 0.05) is 10.5 Å². The molecule has 2 aromatic carbocycles. The summed E-state index contributed by atoms with van der Waals surface area (Å²) < 4.78 is 1.04. The highest BCUT2D eigenvalue weighted by atomic mass is 32.2. The van der Waals surface area contributed by atoms with Crippen LogP contribution in [0.5, 0.6) is 0 Å². The highest BCUT2D eigenvalue weighted by Crippen LogP contribution is 2.29. The average molecular weight is 325 g/mol. The molecule has 0 aliphatic rings. The van der Waals surface area contributed by atoms with E-state index in [1.54, 1.807) is 36.0 Å². The van der Waals surface area contributed by atoms with Gasteiger partial charge < -0.3 is 0 Å². The van der Waals surface area contributed by atoms with Gasteiger partial charge >= 0.3 is 0 Å². The average Bonchev–Trinajstić information content (AvgIpc) is 2.95. The fourth-order valence-electron chi connectivity index (χ4n) is 1.98. The van der Waals surface area contributed by atoms with Crippen LogP contribution in [0.3, 0.4) is 0 Å². The van der Waals surface area contributed by atoms with Gasteiger partial charge in [0.25, 0.3) is 5.91 Å². The Kier molecular flexibility index (Phi) is 4.09. The number of benzene rings is 2. The van der Waals surface area contributed by atoms with E-state index in [1.807, 2.05) is 24.5 Å². The van der Waals surface area contributed by atoms with Crippen LogP contribution in [0.25, 0.3) is 10.2 Å². The Hall–Kier alpha value is -2.36. The molecule has 6 heteroatoms. The van der Waals surface area contributed by atoms with E-state index >= 15 is 0 Å².